The third kappa shape index (κ3) is 8.08. The number of rotatable bonds is 8. The molecule has 0 aliphatic carbocycles. The molecular weight excluding hydrogens is 425 g/mol. The van der Waals surface area contributed by atoms with Crippen LogP contribution >= 0.6 is 0 Å². The van der Waals surface area contributed by atoms with Gasteiger partial charge in [0.1, 0.15) is 0 Å². The summed E-state index contributed by atoms with van der Waals surface area (Å²) in [4.78, 5) is 5.54. The van der Waals surface area contributed by atoms with Crippen LogP contribution in [0.4, 0.5) is 22.0 Å². The van der Waals surface area contributed by atoms with E-state index in [4.69, 9.17) is 0 Å². The third-order valence-electron chi connectivity index (χ3n) is 7.19. The molecule has 1 saturated heterocycles. The van der Waals surface area contributed by atoms with E-state index in [2.05, 4.69) is 9.80 Å². The molecule has 0 aromatic heterocycles. The van der Waals surface area contributed by atoms with Crippen LogP contribution in [-0.2, 0) is 0 Å². The fourth-order valence-electron chi connectivity index (χ4n) is 4.90. The van der Waals surface area contributed by atoms with E-state index in [0.29, 0.717) is 25.9 Å². The summed E-state index contributed by atoms with van der Waals surface area (Å²) in [6.07, 6.45) is -3.67. The van der Waals surface area contributed by atoms with Crippen LogP contribution in [-0.4, -0.2) is 82.7 Å². The van der Waals surface area contributed by atoms with E-state index in [1.165, 1.54) is 11.9 Å². The maximum Gasteiger partial charge on any atom is 0.401 e. The average Bonchev–Trinajstić information content (AvgIpc) is 2.54. The van der Waals surface area contributed by atoms with Crippen LogP contribution in [0.5, 0.6) is 0 Å². The van der Waals surface area contributed by atoms with Crippen LogP contribution in [0.15, 0.2) is 0 Å². The fraction of sp³-hybridized carbons (Fsp3) is 1.00. The summed E-state index contributed by atoms with van der Waals surface area (Å²) in [5, 5.41) is 0. The number of likely N-dealkylation sites (tertiary alicyclic amines) is 1. The smallest absolute Gasteiger partial charge is 0.298 e. The van der Waals surface area contributed by atoms with Crippen molar-refractivity contribution < 1.29 is 22.0 Å². The Bertz CT molecular complexity index is 590. The Kier molecular flexibility index (Phi) is 9.26. The van der Waals surface area contributed by atoms with E-state index >= 15 is 8.78 Å². The highest BCUT2D eigenvalue weighted by molar-refractivity contribution is 5.00. The van der Waals surface area contributed by atoms with Gasteiger partial charge in [0.15, 0.2) is 0 Å². The minimum atomic E-state index is -4.30. The van der Waals surface area contributed by atoms with Gasteiger partial charge in [-0.15, -0.1) is 0 Å². The Morgan fingerprint density at radius 1 is 1.00 bits per heavy atom. The van der Waals surface area contributed by atoms with Crippen LogP contribution in [0.3, 0.4) is 0 Å². The quantitative estimate of drug-likeness (QED) is 0.386. The highest BCUT2D eigenvalue weighted by Gasteiger charge is 2.52. The van der Waals surface area contributed by atoms with Crippen molar-refractivity contribution >= 4 is 0 Å². The maximum absolute atomic E-state index is 15.4. The molecule has 0 spiro atoms. The monoisotopic (exact) mass is 471 g/mol. The molecular formula is C24H46F5N3. The Balaban J connectivity index is 3.25. The summed E-state index contributed by atoms with van der Waals surface area (Å²) in [7, 11) is 1.46. The maximum atomic E-state index is 15.4. The number of halogens is 5. The highest BCUT2D eigenvalue weighted by Crippen LogP contribution is 2.42. The van der Waals surface area contributed by atoms with Gasteiger partial charge in [0, 0.05) is 42.2 Å². The fourth-order valence-corrected chi connectivity index (χ4v) is 4.90. The zero-order chi connectivity index (χ0) is 25.3. The molecule has 32 heavy (non-hydrogen) atoms. The Labute approximate surface area is 192 Å². The molecule has 0 aromatic carbocycles. The minimum Gasteiger partial charge on any atom is -0.298 e. The Morgan fingerprint density at radius 3 is 1.94 bits per heavy atom. The molecule has 0 amide bonds. The first-order chi connectivity index (χ1) is 14.1. The first-order valence-corrected chi connectivity index (χ1v) is 11.8. The van der Waals surface area contributed by atoms with Gasteiger partial charge < -0.3 is 0 Å². The Hall–Kier alpha value is -0.470. The summed E-state index contributed by atoms with van der Waals surface area (Å²) >= 11 is 0. The van der Waals surface area contributed by atoms with E-state index in [-0.39, 0.29) is 24.0 Å². The van der Waals surface area contributed by atoms with Gasteiger partial charge in [-0.2, -0.15) is 13.2 Å². The van der Waals surface area contributed by atoms with E-state index < -0.39 is 36.1 Å². The van der Waals surface area contributed by atoms with Crippen molar-refractivity contribution in [3.05, 3.63) is 0 Å². The molecule has 2 atom stereocenters. The van der Waals surface area contributed by atoms with Crippen LogP contribution in [0, 0.1) is 5.92 Å². The van der Waals surface area contributed by atoms with Crippen molar-refractivity contribution in [3.63, 3.8) is 0 Å². The normalized spacial score (nSPS) is 22.6. The van der Waals surface area contributed by atoms with Gasteiger partial charge in [0.2, 0.25) is 0 Å². The molecule has 2 unspecified atom stereocenters. The van der Waals surface area contributed by atoms with Crippen molar-refractivity contribution in [3.8, 4) is 0 Å². The zero-order valence-corrected chi connectivity index (χ0v) is 21.8. The topological polar surface area (TPSA) is 9.72 Å². The summed E-state index contributed by atoms with van der Waals surface area (Å²) < 4.78 is 69.6. The van der Waals surface area contributed by atoms with Crippen molar-refractivity contribution in [2.24, 2.45) is 5.92 Å². The number of hydrogen-bond donors (Lipinski definition) is 0. The molecule has 192 valence electrons. The summed E-state index contributed by atoms with van der Waals surface area (Å²) in [6, 6.07) is -0.432. The molecule has 0 radical (unpaired) electrons. The van der Waals surface area contributed by atoms with E-state index in [9.17, 15) is 13.2 Å². The number of hydrogen-bond acceptors (Lipinski definition) is 3. The lowest BCUT2D eigenvalue weighted by atomic mass is 9.79. The van der Waals surface area contributed by atoms with Gasteiger partial charge in [-0.1, -0.05) is 6.92 Å². The van der Waals surface area contributed by atoms with Crippen molar-refractivity contribution in [2.75, 3.05) is 33.2 Å². The second-order valence-corrected chi connectivity index (χ2v) is 12.1. The largest absolute Gasteiger partial charge is 0.401 e. The third-order valence-corrected chi connectivity index (χ3v) is 7.19. The SMILES string of the molecule is CCN(C(CCC(C)(C)N(C)CC(F)(F)F)C1CN(C(C)(C)C)CCC1(F)F)C(C)(C)C. The molecule has 0 bridgehead atoms. The van der Waals surface area contributed by atoms with Crippen molar-refractivity contribution in [2.45, 2.75) is 116 Å². The van der Waals surface area contributed by atoms with Gasteiger partial charge in [0.25, 0.3) is 5.92 Å². The van der Waals surface area contributed by atoms with Crippen molar-refractivity contribution in [1.29, 1.82) is 0 Å². The molecule has 0 N–H and O–H groups in total. The molecule has 1 rings (SSSR count). The minimum absolute atomic E-state index is 0.190. The van der Waals surface area contributed by atoms with Gasteiger partial charge in [-0.05, 0) is 81.8 Å². The molecule has 1 heterocycles. The van der Waals surface area contributed by atoms with Gasteiger partial charge in [0.05, 0.1) is 12.5 Å². The second-order valence-electron chi connectivity index (χ2n) is 12.1. The molecule has 1 fully saturated rings. The predicted molar refractivity (Wildman–Crippen MR) is 122 cm³/mol. The predicted octanol–water partition coefficient (Wildman–Crippen LogP) is 6.28. The standard InChI is InChI=1S/C24H46F5N3/c1-11-32(21(5,6)7)19(12-13-22(8,9)30(10)17-24(27,28)29)18-16-31(20(2,3)4)15-14-23(18,25)26/h18-19H,11-17H2,1-10H3. The van der Waals surface area contributed by atoms with Gasteiger partial charge in [-0.25, -0.2) is 8.78 Å². The highest BCUT2D eigenvalue weighted by atomic mass is 19.4. The first-order valence-electron chi connectivity index (χ1n) is 11.8. The zero-order valence-electron chi connectivity index (χ0n) is 21.8. The number of alkyl halides is 5. The van der Waals surface area contributed by atoms with Crippen LogP contribution in [0.25, 0.3) is 0 Å². The molecule has 0 saturated carbocycles. The molecule has 8 heteroatoms. The second kappa shape index (κ2) is 10.0. The molecule has 1 aliphatic heterocycles. The molecule has 3 nitrogen and oxygen atoms in total. The van der Waals surface area contributed by atoms with Crippen molar-refractivity contribution in [1.82, 2.24) is 14.7 Å². The van der Waals surface area contributed by atoms with Crippen LogP contribution in [0.1, 0.15) is 81.6 Å². The van der Waals surface area contributed by atoms with E-state index in [1.807, 2.05) is 48.5 Å². The first kappa shape index (κ1) is 29.6. The lowest BCUT2D eigenvalue weighted by Gasteiger charge is -2.52. The summed E-state index contributed by atoms with van der Waals surface area (Å²) in [5.41, 5.74) is -1.31. The van der Waals surface area contributed by atoms with Crippen LogP contribution in [0.2, 0.25) is 0 Å². The average molecular weight is 472 g/mol. The van der Waals surface area contributed by atoms with Crippen LogP contribution < -0.4 is 0 Å². The molecule has 0 aromatic rings. The van der Waals surface area contributed by atoms with E-state index in [0.717, 1.165) is 0 Å². The number of piperidine rings is 1. The number of nitrogens with zero attached hydrogens (tertiary/aromatic N) is 3. The summed E-state index contributed by atoms with van der Waals surface area (Å²) in [5.74, 6) is -3.69. The summed E-state index contributed by atoms with van der Waals surface area (Å²) in [6.45, 7) is 17.9. The van der Waals surface area contributed by atoms with Gasteiger partial charge in [-0.3, -0.25) is 14.7 Å². The molecule has 1 aliphatic rings. The lowest BCUT2D eigenvalue weighted by molar-refractivity contribution is -0.158. The van der Waals surface area contributed by atoms with E-state index in [1.54, 1.807) is 13.8 Å². The Morgan fingerprint density at radius 2 is 1.53 bits per heavy atom. The lowest BCUT2D eigenvalue weighted by Crippen LogP contribution is -2.62. The van der Waals surface area contributed by atoms with Gasteiger partial charge >= 0.3 is 6.18 Å².